The third kappa shape index (κ3) is 2.48. The summed E-state index contributed by atoms with van der Waals surface area (Å²) in [6.45, 7) is 0. The molecule has 0 aromatic heterocycles. The van der Waals surface area contributed by atoms with Gasteiger partial charge in [0, 0.05) is 11.6 Å². The SMILES string of the molecule is N#CC[C@H](N)c1ccc(F)cc1[N+](=O)[O-]. The maximum absolute atomic E-state index is 12.7. The van der Waals surface area contributed by atoms with Gasteiger partial charge in [-0.2, -0.15) is 5.26 Å². The zero-order chi connectivity index (χ0) is 11.4. The van der Waals surface area contributed by atoms with Gasteiger partial charge in [-0.25, -0.2) is 4.39 Å². The zero-order valence-corrected chi connectivity index (χ0v) is 7.68. The van der Waals surface area contributed by atoms with Crippen molar-refractivity contribution in [1.82, 2.24) is 0 Å². The second-order valence-electron chi connectivity index (χ2n) is 2.93. The van der Waals surface area contributed by atoms with Crippen molar-refractivity contribution in [2.75, 3.05) is 0 Å². The molecule has 1 aromatic carbocycles. The van der Waals surface area contributed by atoms with Crippen LogP contribution in [0.2, 0.25) is 0 Å². The molecule has 2 N–H and O–H groups in total. The molecule has 0 unspecified atom stereocenters. The first kappa shape index (κ1) is 11.1. The first-order chi connectivity index (χ1) is 7.06. The van der Waals surface area contributed by atoms with Crippen LogP contribution in [-0.4, -0.2) is 4.92 Å². The van der Waals surface area contributed by atoms with Crippen LogP contribution in [0.25, 0.3) is 0 Å². The number of hydrogen-bond acceptors (Lipinski definition) is 4. The fourth-order valence-corrected chi connectivity index (χ4v) is 1.20. The van der Waals surface area contributed by atoms with Crippen LogP contribution >= 0.6 is 0 Å². The summed E-state index contributed by atoms with van der Waals surface area (Å²) in [6.07, 6.45) is -0.0491. The van der Waals surface area contributed by atoms with Gasteiger partial charge in [-0.1, -0.05) is 0 Å². The average molecular weight is 209 g/mol. The van der Waals surface area contributed by atoms with Gasteiger partial charge < -0.3 is 5.73 Å². The number of nitriles is 1. The van der Waals surface area contributed by atoms with Crippen LogP contribution in [-0.2, 0) is 0 Å². The molecule has 0 amide bonds. The molecule has 0 heterocycles. The smallest absolute Gasteiger partial charge is 0.277 e. The van der Waals surface area contributed by atoms with Gasteiger partial charge in [0.2, 0.25) is 0 Å². The second-order valence-corrected chi connectivity index (χ2v) is 2.93. The van der Waals surface area contributed by atoms with Crippen LogP contribution in [0.3, 0.4) is 0 Å². The quantitative estimate of drug-likeness (QED) is 0.604. The zero-order valence-electron chi connectivity index (χ0n) is 7.68. The lowest BCUT2D eigenvalue weighted by Gasteiger charge is -2.07. The number of hydrogen-bond donors (Lipinski definition) is 1. The molecule has 0 aliphatic heterocycles. The van der Waals surface area contributed by atoms with Crippen LogP contribution in [0.15, 0.2) is 18.2 Å². The molecule has 0 bridgehead atoms. The van der Waals surface area contributed by atoms with Crippen molar-refractivity contribution in [3.05, 3.63) is 39.7 Å². The summed E-state index contributed by atoms with van der Waals surface area (Å²) in [5.74, 6) is -0.699. The average Bonchev–Trinajstić information content (AvgIpc) is 2.17. The molecule has 0 saturated carbocycles. The molecule has 15 heavy (non-hydrogen) atoms. The van der Waals surface area contributed by atoms with Gasteiger partial charge >= 0.3 is 0 Å². The Labute approximate surface area is 85.1 Å². The number of nitro benzene ring substituents is 1. The maximum Gasteiger partial charge on any atom is 0.277 e. The van der Waals surface area contributed by atoms with E-state index in [0.717, 1.165) is 12.1 Å². The molecule has 0 radical (unpaired) electrons. The van der Waals surface area contributed by atoms with E-state index in [0.29, 0.717) is 0 Å². The van der Waals surface area contributed by atoms with Crippen molar-refractivity contribution in [3.63, 3.8) is 0 Å². The molecular formula is C9H8FN3O2. The molecule has 0 saturated heterocycles. The van der Waals surface area contributed by atoms with Gasteiger partial charge in [0.1, 0.15) is 5.82 Å². The number of benzene rings is 1. The minimum absolute atomic E-state index is 0.0491. The van der Waals surface area contributed by atoms with E-state index in [2.05, 4.69) is 0 Å². The fourth-order valence-electron chi connectivity index (χ4n) is 1.20. The highest BCUT2D eigenvalue weighted by Gasteiger charge is 2.19. The topological polar surface area (TPSA) is 93.0 Å². The van der Waals surface area contributed by atoms with Crippen LogP contribution in [0, 0.1) is 27.3 Å². The lowest BCUT2D eigenvalue weighted by molar-refractivity contribution is -0.385. The van der Waals surface area contributed by atoms with E-state index < -0.39 is 22.5 Å². The van der Waals surface area contributed by atoms with Crippen molar-refractivity contribution in [2.24, 2.45) is 5.73 Å². The molecule has 1 rings (SSSR count). The summed E-state index contributed by atoms with van der Waals surface area (Å²) in [5.41, 5.74) is 5.32. The van der Waals surface area contributed by atoms with E-state index >= 15 is 0 Å². The number of nitrogens with two attached hydrogens (primary N) is 1. The summed E-state index contributed by atoms with van der Waals surface area (Å²) in [4.78, 5) is 9.87. The Kier molecular flexibility index (Phi) is 3.31. The van der Waals surface area contributed by atoms with E-state index in [1.165, 1.54) is 6.07 Å². The Morgan fingerprint density at radius 3 is 2.87 bits per heavy atom. The van der Waals surface area contributed by atoms with E-state index in [9.17, 15) is 14.5 Å². The Balaban J connectivity index is 3.17. The second kappa shape index (κ2) is 4.48. The summed E-state index contributed by atoms with van der Waals surface area (Å²) in [7, 11) is 0. The molecule has 0 spiro atoms. The highest BCUT2D eigenvalue weighted by atomic mass is 19.1. The maximum atomic E-state index is 12.7. The lowest BCUT2D eigenvalue weighted by Crippen LogP contribution is -2.11. The van der Waals surface area contributed by atoms with Gasteiger partial charge in [0.15, 0.2) is 0 Å². The first-order valence-electron chi connectivity index (χ1n) is 4.12. The number of nitrogens with zero attached hydrogens (tertiary/aromatic N) is 2. The number of nitro groups is 1. The minimum Gasteiger partial charge on any atom is -0.323 e. The molecule has 1 aromatic rings. The van der Waals surface area contributed by atoms with Crippen molar-refractivity contribution >= 4 is 5.69 Å². The van der Waals surface area contributed by atoms with Crippen LogP contribution in [0.1, 0.15) is 18.0 Å². The molecule has 5 nitrogen and oxygen atoms in total. The summed E-state index contributed by atoms with van der Waals surface area (Å²) in [5, 5.41) is 19.0. The van der Waals surface area contributed by atoms with Crippen LogP contribution in [0.5, 0.6) is 0 Å². The minimum atomic E-state index is -0.768. The summed E-state index contributed by atoms with van der Waals surface area (Å²) in [6, 6.07) is 4.15. The lowest BCUT2D eigenvalue weighted by atomic mass is 10.0. The van der Waals surface area contributed by atoms with Crippen LogP contribution < -0.4 is 5.73 Å². The summed E-state index contributed by atoms with van der Waals surface area (Å²) >= 11 is 0. The fraction of sp³-hybridized carbons (Fsp3) is 0.222. The predicted octanol–water partition coefficient (Wildman–Crippen LogP) is 1.65. The summed E-state index contributed by atoms with van der Waals surface area (Å²) < 4.78 is 12.7. The monoisotopic (exact) mass is 209 g/mol. The van der Waals surface area contributed by atoms with E-state index in [-0.39, 0.29) is 12.0 Å². The Bertz CT molecular complexity index is 428. The molecular weight excluding hydrogens is 201 g/mol. The van der Waals surface area contributed by atoms with Crippen molar-refractivity contribution in [3.8, 4) is 6.07 Å². The van der Waals surface area contributed by atoms with Crippen molar-refractivity contribution in [1.29, 1.82) is 5.26 Å². The van der Waals surface area contributed by atoms with Crippen molar-refractivity contribution in [2.45, 2.75) is 12.5 Å². The van der Waals surface area contributed by atoms with Gasteiger partial charge in [-0.05, 0) is 12.1 Å². The molecule has 0 aliphatic carbocycles. The van der Waals surface area contributed by atoms with E-state index in [1.54, 1.807) is 6.07 Å². The van der Waals surface area contributed by atoms with E-state index in [1.807, 2.05) is 0 Å². The van der Waals surface area contributed by atoms with Gasteiger partial charge in [-0.3, -0.25) is 10.1 Å². The molecule has 0 aliphatic rings. The standard InChI is InChI=1S/C9H8FN3O2/c10-6-1-2-7(8(12)3-4-11)9(5-6)13(14)15/h1-2,5,8H,3,12H2/t8-/m0/s1. The molecule has 0 fully saturated rings. The van der Waals surface area contributed by atoms with Gasteiger partial charge in [0.05, 0.1) is 23.5 Å². The Morgan fingerprint density at radius 2 is 2.33 bits per heavy atom. The third-order valence-electron chi connectivity index (χ3n) is 1.90. The van der Waals surface area contributed by atoms with E-state index in [4.69, 9.17) is 11.0 Å². The highest BCUT2D eigenvalue weighted by Crippen LogP contribution is 2.26. The first-order valence-corrected chi connectivity index (χ1v) is 4.12. The Morgan fingerprint density at radius 1 is 1.67 bits per heavy atom. The third-order valence-corrected chi connectivity index (χ3v) is 1.90. The number of halogens is 1. The largest absolute Gasteiger partial charge is 0.323 e. The van der Waals surface area contributed by atoms with Gasteiger partial charge in [0.25, 0.3) is 5.69 Å². The Hall–Kier alpha value is -2.00. The van der Waals surface area contributed by atoms with Crippen molar-refractivity contribution < 1.29 is 9.31 Å². The highest BCUT2D eigenvalue weighted by molar-refractivity contribution is 5.42. The molecule has 6 heteroatoms. The molecule has 1 atom stereocenters. The van der Waals surface area contributed by atoms with Crippen LogP contribution in [0.4, 0.5) is 10.1 Å². The molecule has 78 valence electrons. The normalized spacial score (nSPS) is 11.8. The van der Waals surface area contributed by atoms with Gasteiger partial charge in [-0.15, -0.1) is 0 Å². The number of rotatable bonds is 3. The predicted molar refractivity (Wildman–Crippen MR) is 50.2 cm³/mol.